The first-order chi connectivity index (χ1) is 35.4. The number of para-hydroxylation sites is 1. The van der Waals surface area contributed by atoms with Crippen molar-refractivity contribution in [3.8, 4) is 45.0 Å². The summed E-state index contributed by atoms with van der Waals surface area (Å²) in [7, 11) is 0. The van der Waals surface area contributed by atoms with Crippen LogP contribution in [0.1, 0.15) is 96.8 Å². The molecule has 74 heavy (non-hydrogen) atoms. The Kier molecular flexibility index (Phi) is 12.5. The number of fused-ring (bicyclic) bond motifs is 2. The van der Waals surface area contributed by atoms with E-state index in [1.54, 1.807) is 48.8 Å². The first kappa shape index (κ1) is 48.4. The van der Waals surface area contributed by atoms with E-state index in [2.05, 4.69) is 50.9 Å². The van der Waals surface area contributed by atoms with E-state index in [1.807, 2.05) is 77.9 Å². The third-order valence-corrected chi connectivity index (χ3v) is 12.5. The molecule has 0 bridgehead atoms. The van der Waals surface area contributed by atoms with Crippen molar-refractivity contribution in [3.63, 3.8) is 0 Å². The van der Waals surface area contributed by atoms with E-state index in [-0.39, 0.29) is 36.0 Å². The number of imidazole rings is 2. The highest BCUT2D eigenvalue weighted by Gasteiger charge is 2.26. The molecule has 4 aromatic carbocycles. The van der Waals surface area contributed by atoms with Crippen molar-refractivity contribution in [2.24, 2.45) is 0 Å². The quantitative estimate of drug-likeness (QED) is 0.0588. The lowest BCUT2D eigenvalue weighted by atomic mass is 9.96. The number of nitrogens with one attached hydrogen (secondary N) is 4. The second kappa shape index (κ2) is 19.1. The van der Waals surface area contributed by atoms with Gasteiger partial charge in [-0.05, 0) is 77.6 Å². The van der Waals surface area contributed by atoms with Crippen LogP contribution < -0.4 is 22.1 Å². The van der Waals surface area contributed by atoms with Crippen LogP contribution in [0.15, 0.2) is 106 Å². The fourth-order valence-electron chi connectivity index (χ4n) is 8.28. The summed E-state index contributed by atoms with van der Waals surface area (Å²) >= 11 is 0. The molecule has 0 unspecified atom stereocenters. The Labute approximate surface area is 421 Å². The standard InChI is InChI=1S/C54H50F2N14O4/c1-53(2,3)51-67-49(73-69-51)47(71)61-25-31-15-13-29(23-37(31)55)33-18-20-59-45-41(33)63-43(65-45)35-9-7-8-28(40(35)58)12-10-27-11-17-39(57)36(22-27)44-64-42-34(19-21-60-46(42)66-44)30-14-16-32(38(56)24-30)26-62-48(72)50-68-52(70-74-50)54(4,5)6/h7-9,11,13-24H,10,12,25-26,57-58H2,1-6H3,(H,61,71)(H,62,72)(H,59,63,65)(H,60,64,66). The number of hydrogen-bond acceptors (Lipinski definition) is 14. The second-order valence-corrected chi connectivity index (χ2v) is 19.9. The largest absolute Gasteiger partial charge is 0.398 e. The predicted octanol–water partition coefficient (Wildman–Crippen LogP) is 9.35. The molecule has 2 amide bonds. The summed E-state index contributed by atoms with van der Waals surface area (Å²) in [5.74, 6) is -0.862. The predicted molar refractivity (Wildman–Crippen MR) is 274 cm³/mol. The number of nitrogens with zero attached hydrogens (tertiary/aromatic N) is 8. The molecule has 6 aromatic heterocycles. The van der Waals surface area contributed by atoms with E-state index in [4.69, 9.17) is 30.5 Å². The van der Waals surface area contributed by atoms with Crippen LogP contribution >= 0.6 is 0 Å². The van der Waals surface area contributed by atoms with Crippen molar-refractivity contribution < 1.29 is 27.4 Å². The Balaban J connectivity index is 0.820. The summed E-state index contributed by atoms with van der Waals surface area (Å²) in [4.78, 5) is 59.2. The molecule has 6 heterocycles. The van der Waals surface area contributed by atoms with E-state index in [0.717, 1.165) is 11.1 Å². The summed E-state index contributed by atoms with van der Waals surface area (Å²) < 4.78 is 41.4. The smallest absolute Gasteiger partial charge is 0.315 e. The van der Waals surface area contributed by atoms with E-state index < -0.39 is 34.3 Å². The summed E-state index contributed by atoms with van der Waals surface area (Å²) in [5, 5.41) is 13.1. The monoisotopic (exact) mass is 996 g/mol. The van der Waals surface area contributed by atoms with Crippen LogP contribution in [-0.4, -0.2) is 62.0 Å². The summed E-state index contributed by atoms with van der Waals surface area (Å²) in [5.41, 5.74) is 21.9. The summed E-state index contributed by atoms with van der Waals surface area (Å²) in [6.45, 7) is 11.2. The number of pyridine rings is 2. The Bertz CT molecular complexity index is 3790. The highest BCUT2D eigenvalue weighted by molar-refractivity contribution is 5.94. The van der Waals surface area contributed by atoms with Gasteiger partial charge < -0.3 is 41.1 Å². The number of anilines is 2. The Morgan fingerprint density at radius 3 is 1.58 bits per heavy atom. The average Bonchev–Trinajstić information content (AvgIpc) is 4.22. The number of hydrogen-bond donors (Lipinski definition) is 6. The lowest BCUT2D eigenvalue weighted by molar-refractivity contribution is 0.0899. The van der Waals surface area contributed by atoms with E-state index in [0.29, 0.717) is 103 Å². The number of amides is 2. The molecule has 0 radical (unpaired) electrons. The Morgan fingerprint density at radius 2 is 1.09 bits per heavy atom. The normalized spacial score (nSPS) is 11.9. The molecular weight excluding hydrogens is 947 g/mol. The third kappa shape index (κ3) is 9.76. The summed E-state index contributed by atoms with van der Waals surface area (Å²) in [6.07, 6.45) is 4.43. The number of H-pyrrole nitrogens is 2. The van der Waals surface area contributed by atoms with Crippen LogP contribution in [0.4, 0.5) is 20.2 Å². The minimum atomic E-state index is -0.604. The van der Waals surface area contributed by atoms with Gasteiger partial charge in [0.1, 0.15) is 34.3 Å². The lowest BCUT2D eigenvalue weighted by Crippen LogP contribution is -2.24. The summed E-state index contributed by atoms with van der Waals surface area (Å²) in [6, 6.07) is 24.6. The molecule has 0 aliphatic heterocycles. The molecule has 0 saturated heterocycles. The maximum absolute atomic E-state index is 15.6. The molecule has 18 nitrogen and oxygen atoms in total. The maximum atomic E-state index is 15.6. The number of aryl methyl sites for hydroxylation is 2. The van der Waals surface area contributed by atoms with Crippen molar-refractivity contribution in [2.45, 2.75) is 78.3 Å². The molecule has 0 aliphatic rings. The molecule has 0 saturated carbocycles. The molecule has 20 heteroatoms. The number of nitrogen functional groups attached to an aromatic ring is 2. The van der Waals surface area contributed by atoms with Gasteiger partial charge in [0.2, 0.25) is 0 Å². The molecule has 0 fully saturated rings. The molecule has 374 valence electrons. The topological polar surface area (TPSA) is 271 Å². The number of carbonyl (C=O) groups is 2. The third-order valence-electron chi connectivity index (χ3n) is 12.5. The van der Waals surface area contributed by atoms with E-state index in [9.17, 15) is 9.59 Å². The Hall–Kier alpha value is -9.20. The fourth-order valence-corrected chi connectivity index (χ4v) is 8.28. The zero-order valence-corrected chi connectivity index (χ0v) is 41.2. The van der Waals surface area contributed by atoms with Gasteiger partial charge in [-0.2, -0.15) is 9.97 Å². The molecular formula is C54H50F2N14O4. The maximum Gasteiger partial charge on any atom is 0.315 e. The van der Waals surface area contributed by atoms with Crippen LogP contribution in [0.25, 0.3) is 67.4 Å². The minimum absolute atomic E-state index is 0.0933. The van der Waals surface area contributed by atoms with Crippen molar-refractivity contribution in [1.29, 1.82) is 0 Å². The number of rotatable bonds is 13. The zero-order chi connectivity index (χ0) is 52.1. The van der Waals surface area contributed by atoms with Gasteiger partial charge in [-0.1, -0.05) is 94.3 Å². The Morgan fingerprint density at radius 1 is 0.581 bits per heavy atom. The van der Waals surface area contributed by atoms with Gasteiger partial charge in [-0.3, -0.25) is 9.59 Å². The van der Waals surface area contributed by atoms with Crippen molar-refractivity contribution in [2.75, 3.05) is 11.5 Å². The SMILES string of the molecule is CC(C)(C)c1noc(C(=O)NCc2ccc(-c3ccnc4[nH]c(-c5cc(CCc6cccc(-c7nc8c(-c9ccc(CNC(=O)c%10nc(C(C)(C)C)no%10)c(F)c9)ccnc8[nH]7)c6N)ccc5N)nc34)cc2F)n1. The number of nitrogens with two attached hydrogens (primary N) is 2. The number of halogens is 2. The zero-order valence-electron chi connectivity index (χ0n) is 41.2. The average molecular weight is 997 g/mol. The number of aromatic amines is 2. The molecule has 10 aromatic rings. The van der Waals surface area contributed by atoms with E-state index >= 15 is 8.78 Å². The lowest BCUT2D eigenvalue weighted by Gasteiger charge is -2.11. The van der Waals surface area contributed by atoms with Crippen LogP contribution in [0, 0.1) is 11.6 Å². The van der Waals surface area contributed by atoms with Crippen LogP contribution in [0.2, 0.25) is 0 Å². The van der Waals surface area contributed by atoms with Crippen LogP contribution in [-0.2, 0) is 36.8 Å². The minimum Gasteiger partial charge on any atom is -0.398 e. The van der Waals surface area contributed by atoms with Gasteiger partial charge in [0.05, 0.1) is 0 Å². The van der Waals surface area contributed by atoms with E-state index in [1.165, 1.54) is 12.1 Å². The number of benzene rings is 4. The molecule has 0 atom stereocenters. The second-order valence-electron chi connectivity index (χ2n) is 19.9. The highest BCUT2D eigenvalue weighted by atomic mass is 19.1. The molecule has 8 N–H and O–H groups in total. The first-order valence-corrected chi connectivity index (χ1v) is 23.7. The van der Waals surface area contributed by atoms with Crippen LogP contribution in [0.3, 0.4) is 0 Å². The van der Waals surface area contributed by atoms with Crippen LogP contribution in [0.5, 0.6) is 0 Å². The van der Waals surface area contributed by atoms with Crippen molar-refractivity contribution >= 4 is 45.5 Å². The van der Waals surface area contributed by atoms with Gasteiger partial charge in [0.15, 0.2) is 22.9 Å². The first-order valence-electron chi connectivity index (χ1n) is 23.7. The fraction of sp³-hybridized carbons (Fsp3) is 0.222. The molecule has 10 rings (SSSR count). The van der Waals surface area contributed by atoms with Gasteiger partial charge in [-0.15, -0.1) is 0 Å². The van der Waals surface area contributed by atoms with Gasteiger partial charge in [0, 0.05) is 81.1 Å². The number of aromatic nitrogens is 10. The van der Waals surface area contributed by atoms with Crippen molar-refractivity contribution in [3.05, 3.63) is 155 Å². The highest BCUT2D eigenvalue weighted by Crippen LogP contribution is 2.35. The molecule has 0 spiro atoms. The van der Waals surface area contributed by atoms with Gasteiger partial charge >= 0.3 is 23.6 Å². The number of carbonyl (C=O) groups excluding carboxylic acids is 2. The van der Waals surface area contributed by atoms with Gasteiger partial charge in [0.25, 0.3) is 0 Å². The molecule has 0 aliphatic carbocycles. The van der Waals surface area contributed by atoms with Crippen molar-refractivity contribution in [1.82, 2.24) is 60.8 Å². The van der Waals surface area contributed by atoms with Gasteiger partial charge in [-0.25, -0.2) is 28.7 Å².